The first-order valence-corrected chi connectivity index (χ1v) is 5.14. The molecule has 0 heterocycles. The van der Waals surface area contributed by atoms with Crippen LogP contribution in [0, 0.1) is 0 Å². The zero-order chi connectivity index (χ0) is 9.40. The summed E-state index contributed by atoms with van der Waals surface area (Å²) in [6.07, 6.45) is 3.66. The molecule has 0 rings (SSSR count). The molecule has 1 atom stereocenters. The maximum atomic E-state index is 10.2. The minimum atomic E-state index is -0.690. The Bertz CT molecular complexity index is 130. The number of hydrogen-bond acceptors (Lipinski definition) is 2. The number of unbranched alkanes of at least 4 members (excludes halogenated alkanes) is 1. The van der Waals surface area contributed by atoms with Crippen molar-refractivity contribution in [3.05, 3.63) is 0 Å². The highest BCUT2D eigenvalue weighted by atomic mass is 79.9. The number of halogens is 1. The van der Waals surface area contributed by atoms with E-state index in [0.29, 0.717) is 11.4 Å². The first-order chi connectivity index (χ1) is 5.66. The topological polar surface area (TPSA) is 52.3 Å². The summed E-state index contributed by atoms with van der Waals surface area (Å²) in [6.45, 7) is 2.56. The SMILES string of the molecule is CCCCC(Br)CCOC(N)=O. The molecule has 0 aliphatic carbocycles. The molecule has 12 heavy (non-hydrogen) atoms. The first kappa shape index (κ1) is 11.8. The molecular formula is C8H16BrNO2. The third-order valence-corrected chi connectivity index (χ3v) is 2.46. The van der Waals surface area contributed by atoms with Gasteiger partial charge in [-0.05, 0) is 12.8 Å². The highest BCUT2D eigenvalue weighted by Gasteiger charge is 2.03. The average molecular weight is 238 g/mol. The average Bonchev–Trinajstić information content (AvgIpc) is 2.00. The lowest BCUT2D eigenvalue weighted by Gasteiger charge is -2.07. The van der Waals surface area contributed by atoms with E-state index in [4.69, 9.17) is 5.73 Å². The van der Waals surface area contributed by atoms with Crippen molar-refractivity contribution in [2.24, 2.45) is 5.73 Å². The Balaban J connectivity index is 3.19. The normalized spacial score (nSPS) is 12.5. The molecule has 0 spiro atoms. The molecule has 0 aromatic rings. The molecule has 0 aromatic heterocycles. The van der Waals surface area contributed by atoms with Gasteiger partial charge in [0.1, 0.15) is 0 Å². The van der Waals surface area contributed by atoms with E-state index < -0.39 is 6.09 Å². The van der Waals surface area contributed by atoms with Gasteiger partial charge in [0.25, 0.3) is 0 Å². The Labute approximate surface area is 81.8 Å². The Morgan fingerprint density at radius 1 is 1.58 bits per heavy atom. The number of rotatable bonds is 6. The second-order valence-electron chi connectivity index (χ2n) is 2.70. The number of hydrogen-bond donors (Lipinski definition) is 1. The van der Waals surface area contributed by atoms with Crippen LogP contribution < -0.4 is 5.73 Å². The van der Waals surface area contributed by atoms with Crippen LogP contribution in [0.1, 0.15) is 32.6 Å². The molecule has 0 saturated carbocycles. The van der Waals surface area contributed by atoms with E-state index in [1.165, 1.54) is 12.8 Å². The third-order valence-electron chi connectivity index (χ3n) is 1.55. The van der Waals surface area contributed by atoms with Gasteiger partial charge in [0, 0.05) is 4.83 Å². The van der Waals surface area contributed by atoms with E-state index in [0.717, 1.165) is 12.8 Å². The van der Waals surface area contributed by atoms with Crippen LogP contribution in [0.15, 0.2) is 0 Å². The summed E-state index contributed by atoms with van der Waals surface area (Å²) < 4.78 is 4.60. The quantitative estimate of drug-likeness (QED) is 0.722. The second-order valence-corrected chi connectivity index (χ2v) is 3.99. The summed E-state index contributed by atoms with van der Waals surface area (Å²) in [6, 6.07) is 0. The van der Waals surface area contributed by atoms with Gasteiger partial charge in [-0.25, -0.2) is 4.79 Å². The van der Waals surface area contributed by atoms with E-state index in [-0.39, 0.29) is 0 Å². The number of carbonyl (C=O) groups excluding carboxylic acids is 1. The van der Waals surface area contributed by atoms with Crippen molar-refractivity contribution >= 4 is 22.0 Å². The molecule has 0 saturated heterocycles. The molecule has 0 aromatic carbocycles. The molecule has 72 valence electrons. The van der Waals surface area contributed by atoms with Crippen molar-refractivity contribution in [3.8, 4) is 0 Å². The fraction of sp³-hybridized carbons (Fsp3) is 0.875. The largest absolute Gasteiger partial charge is 0.450 e. The summed E-state index contributed by atoms with van der Waals surface area (Å²) in [5.74, 6) is 0. The monoisotopic (exact) mass is 237 g/mol. The van der Waals surface area contributed by atoms with Crippen LogP contribution in [0.2, 0.25) is 0 Å². The van der Waals surface area contributed by atoms with Crippen molar-refractivity contribution in [2.45, 2.75) is 37.4 Å². The van der Waals surface area contributed by atoms with Gasteiger partial charge in [-0.2, -0.15) is 0 Å². The standard InChI is InChI=1S/C8H16BrNO2/c1-2-3-4-7(9)5-6-12-8(10)11/h7H,2-6H2,1H3,(H2,10,11). The van der Waals surface area contributed by atoms with E-state index in [9.17, 15) is 4.79 Å². The van der Waals surface area contributed by atoms with Gasteiger partial charge in [0.2, 0.25) is 0 Å². The van der Waals surface area contributed by atoms with E-state index >= 15 is 0 Å². The lowest BCUT2D eigenvalue weighted by molar-refractivity contribution is 0.155. The number of primary amides is 1. The number of carbonyl (C=O) groups is 1. The van der Waals surface area contributed by atoms with Gasteiger partial charge in [-0.15, -0.1) is 0 Å². The summed E-state index contributed by atoms with van der Waals surface area (Å²) in [5, 5.41) is 0. The summed E-state index contributed by atoms with van der Waals surface area (Å²) in [4.78, 5) is 10.6. The minimum absolute atomic E-state index is 0.412. The second kappa shape index (κ2) is 7.40. The molecule has 0 fully saturated rings. The molecule has 1 amide bonds. The molecule has 0 aliphatic rings. The third kappa shape index (κ3) is 7.85. The number of alkyl halides is 1. The highest BCUT2D eigenvalue weighted by Crippen LogP contribution is 2.13. The summed E-state index contributed by atoms with van der Waals surface area (Å²) in [7, 11) is 0. The Morgan fingerprint density at radius 2 is 2.25 bits per heavy atom. The van der Waals surface area contributed by atoms with Crippen LogP contribution >= 0.6 is 15.9 Å². The Morgan fingerprint density at radius 3 is 2.75 bits per heavy atom. The van der Waals surface area contributed by atoms with Crippen LogP contribution in [0.3, 0.4) is 0 Å². The maximum absolute atomic E-state index is 10.2. The number of amides is 1. The predicted octanol–water partition coefficient (Wildman–Crippen LogP) is 2.43. The van der Waals surface area contributed by atoms with Gasteiger partial charge in [-0.3, -0.25) is 0 Å². The van der Waals surface area contributed by atoms with Gasteiger partial charge in [0.05, 0.1) is 6.61 Å². The Kier molecular flexibility index (Phi) is 7.25. The van der Waals surface area contributed by atoms with E-state index in [2.05, 4.69) is 27.6 Å². The van der Waals surface area contributed by atoms with Crippen molar-refractivity contribution in [3.63, 3.8) is 0 Å². The molecule has 0 bridgehead atoms. The predicted molar refractivity (Wildman–Crippen MR) is 52.4 cm³/mol. The van der Waals surface area contributed by atoms with Gasteiger partial charge < -0.3 is 10.5 Å². The molecule has 1 unspecified atom stereocenters. The Hall–Kier alpha value is -0.250. The summed E-state index contributed by atoms with van der Waals surface area (Å²) >= 11 is 3.50. The first-order valence-electron chi connectivity index (χ1n) is 4.23. The van der Waals surface area contributed by atoms with Crippen molar-refractivity contribution in [1.29, 1.82) is 0 Å². The van der Waals surface area contributed by atoms with Crippen molar-refractivity contribution in [1.82, 2.24) is 0 Å². The van der Waals surface area contributed by atoms with Gasteiger partial charge in [-0.1, -0.05) is 35.7 Å². The van der Waals surface area contributed by atoms with Gasteiger partial charge in [0.15, 0.2) is 0 Å². The molecule has 4 heteroatoms. The van der Waals surface area contributed by atoms with E-state index in [1.54, 1.807) is 0 Å². The molecule has 2 N–H and O–H groups in total. The maximum Gasteiger partial charge on any atom is 0.404 e. The van der Waals surface area contributed by atoms with Gasteiger partial charge >= 0.3 is 6.09 Å². The molecule has 0 aliphatic heterocycles. The zero-order valence-corrected chi connectivity index (χ0v) is 8.97. The molecule has 3 nitrogen and oxygen atoms in total. The summed E-state index contributed by atoms with van der Waals surface area (Å²) in [5.41, 5.74) is 4.80. The fourth-order valence-corrected chi connectivity index (χ4v) is 1.37. The smallest absolute Gasteiger partial charge is 0.404 e. The number of nitrogens with two attached hydrogens (primary N) is 1. The van der Waals surface area contributed by atoms with Crippen LogP contribution in [0.25, 0.3) is 0 Å². The van der Waals surface area contributed by atoms with E-state index in [1.807, 2.05) is 0 Å². The van der Waals surface area contributed by atoms with Crippen molar-refractivity contribution < 1.29 is 9.53 Å². The molecule has 0 radical (unpaired) electrons. The highest BCUT2D eigenvalue weighted by molar-refractivity contribution is 9.09. The number of ether oxygens (including phenoxy) is 1. The zero-order valence-electron chi connectivity index (χ0n) is 7.38. The lowest BCUT2D eigenvalue weighted by atomic mass is 10.2. The van der Waals surface area contributed by atoms with Crippen molar-refractivity contribution in [2.75, 3.05) is 6.61 Å². The van der Waals surface area contributed by atoms with Crippen LogP contribution in [-0.2, 0) is 4.74 Å². The fourth-order valence-electron chi connectivity index (χ4n) is 0.857. The molecular weight excluding hydrogens is 222 g/mol. The van der Waals surface area contributed by atoms with Crippen LogP contribution in [0.4, 0.5) is 4.79 Å². The minimum Gasteiger partial charge on any atom is -0.450 e. The van der Waals surface area contributed by atoms with Crippen LogP contribution in [-0.4, -0.2) is 17.5 Å². The van der Waals surface area contributed by atoms with Crippen LogP contribution in [0.5, 0.6) is 0 Å². The lowest BCUT2D eigenvalue weighted by Crippen LogP contribution is -2.15.